The monoisotopic (exact) mass is 326 g/mol. The lowest BCUT2D eigenvalue weighted by atomic mass is 10.2. The normalized spacial score (nSPS) is 19.4. The molecule has 0 spiro atoms. The molecule has 2 aliphatic heterocycles. The molecule has 2 aliphatic rings. The van der Waals surface area contributed by atoms with Gasteiger partial charge in [-0.05, 0) is 18.6 Å². The molecule has 2 aromatic rings. The van der Waals surface area contributed by atoms with Crippen LogP contribution in [0.15, 0.2) is 46.8 Å². The minimum absolute atomic E-state index is 0.101. The van der Waals surface area contributed by atoms with Crippen molar-refractivity contribution < 1.29 is 0 Å². The second-order valence-corrected chi connectivity index (χ2v) is 6.63. The maximum absolute atomic E-state index is 4.76. The van der Waals surface area contributed by atoms with Crippen molar-refractivity contribution in [1.82, 2.24) is 25.0 Å². The number of thiazole rings is 1. The Morgan fingerprint density at radius 3 is 3.04 bits per heavy atom. The highest BCUT2D eigenvalue weighted by Gasteiger charge is 2.26. The van der Waals surface area contributed by atoms with E-state index in [0.717, 1.165) is 35.1 Å². The Bertz CT molecular complexity index is 799. The maximum Gasteiger partial charge on any atom is 0.162 e. The van der Waals surface area contributed by atoms with Crippen molar-refractivity contribution in [2.45, 2.75) is 25.9 Å². The third-order valence-electron chi connectivity index (χ3n) is 4.06. The van der Waals surface area contributed by atoms with Crippen molar-refractivity contribution in [2.24, 2.45) is 12.0 Å². The molecule has 1 N–H and O–H groups in total. The van der Waals surface area contributed by atoms with Crippen LogP contribution in [0.3, 0.4) is 0 Å². The summed E-state index contributed by atoms with van der Waals surface area (Å²) in [5, 5.41) is 2.05. The van der Waals surface area contributed by atoms with E-state index in [9.17, 15) is 0 Å². The van der Waals surface area contributed by atoms with Gasteiger partial charge in [0.15, 0.2) is 6.17 Å². The van der Waals surface area contributed by atoms with Crippen LogP contribution in [0.2, 0.25) is 0 Å². The maximum atomic E-state index is 4.76. The third-order valence-corrected chi connectivity index (χ3v) is 4.85. The number of hydrazine groups is 1. The molecule has 0 bridgehead atoms. The van der Waals surface area contributed by atoms with E-state index in [0.29, 0.717) is 0 Å². The van der Waals surface area contributed by atoms with E-state index in [-0.39, 0.29) is 6.17 Å². The average Bonchev–Trinajstić information content (AvgIpc) is 3.24. The van der Waals surface area contributed by atoms with Crippen LogP contribution in [0.25, 0.3) is 10.6 Å². The number of aryl methyl sites for hydroxylation is 2. The number of hydrogen-bond donors (Lipinski definition) is 1. The molecular formula is C16H18N6S. The lowest BCUT2D eigenvalue weighted by Crippen LogP contribution is -2.38. The molecular weight excluding hydrogens is 308 g/mol. The average molecular weight is 326 g/mol. The summed E-state index contributed by atoms with van der Waals surface area (Å²) >= 11 is 1.61. The van der Waals surface area contributed by atoms with Crippen LogP contribution < -0.4 is 5.43 Å². The molecule has 23 heavy (non-hydrogen) atoms. The molecule has 4 rings (SSSR count). The summed E-state index contributed by atoms with van der Waals surface area (Å²) in [4.78, 5) is 14.7. The molecule has 0 saturated carbocycles. The molecule has 0 amide bonds. The summed E-state index contributed by atoms with van der Waals surface area (Å²) in [5.41, 5.74) is 7.43. The van der Waals surface area contributed by atoms with Gasteiger partial charge in [-0.3, -0.25) is 15.4 Å². The molecule has 1 unspecified atom stereocenters. The molecule has 0 aromatic carbocycles. The number of imidazole rings is 1. The van der Waals surface area contributed by atoms with Gasteiger partial charge < -0.3 is 4.57 Å². The summed E-state index contributed by atoms with van der Waals surface area (Å²) in [6, 6.07) is 0. The largest absolute Gasteiger partial charge is 0.337 e. The SMILES string of the molecule is CC1=CC=CN2NC(CCc3nc(-c4cncs4)cn3C)=NC12. The fourth-order valence-corrected chi connectivity index (χ4v) is 3.39. The van der Waals surface area contributed by atoms with Gasteiger partial charge >= 0.3 is 0 Å². The van der Waals surface area contributed by atoms with Gasteiger partial charge in [0.05, 0.1) is 10.4 Å². The number of amidine groups is 1. The molecule has 2 aromatic heterocycles. The molecule has 0 saturated heterocycles. The van der Waals surface area contributed by atoms with Crippen LogP contribution in [0.5, 0.6) is 0 Å². The van der Waals surface area contributed by atoms with E-state index in [1.54, 1.807) is 11.3 Å². The minimum Gasteiger partial charge on any atom is -0.337 e. The molecule has 7 heteroatoms. The quantitative estimate of drug-likeness (QED) is 0.938. The topological polar surface area (TPSA) is 58.3 Å². The van der Waals surface area contributed by atoms with Crippen molar-refractivity contribution in [3.63, 3.8) is 0 Å². The van der Waals surface area contributed by atoms with E-state index in [2.05, 4.69) is 34.2 Å². The molecule has 0 radical (unpaired) electrons. The number of aliphatic imine (C=N–C) groups is 1. The number of nitrogens with one attached hydrogen (secondary N) is 1. The Morgan fingerprint density at radius 1 is 1.35 bits per heavy atom. The van der Waals surface area contributed by atoms with Crippen LogP contribution >= 0.6 is 11.3 Å². The van der Waals surface area contributed by atoms with E-state index < -0.39 is 0 Å². The summed E-state index contributed by atoms with van der Waals surface area (Å²) in [7, 11) is 2.04. The van der Waals surface area contributed by atoms with Crippen molar-refractivity contribution in [3.8, 4) is 10.6 Å². The Labute approximate surface area is 138 Å². The molecule has 0 fully saturated rings. The van der Waals surface area contributed by atoms with Crippen LogP contribution in [0.1, 0.15) is 19.2 Å². The van der Waals surface area contributed by atoms with Crippen molar-refractivity contribution >= 4 is 17.2 Å². The van der Waals surface area contributed by atoms with E-state index >= 15 is 0 Å². The first-order chi connectivity index (χ1) is 11.2. The first-order valence-electron chi connectivity index (χ1n) is 7.58. The highest BCUT2D eigenvalue weighted by atomic mass is 32.1. The lowest BCUT2D eigenvalue weighted by Gasteiger charge is -2.24. The highest BCUT2D eigenvalue weighted by molar-refractivity contribution is 7.13. The molecule has 4 heterocycles. The number of allylic oxidation sites excluding steroid dienone is 2. The number of aromatic nitrogens is 3. The lowest BCUT2D eigenvalue weighted by molar-refractivity contribution is 0.301. The van der Waals surface area contributed by atoms with Gasteiger partial charge in [0.1, 0.15) is 17.4 Å². The van der Waals surface area contributed by atoms with Gasteiger partial charge in [-0.25, -0.2) is 9.98 Å². The smallest absolute Gasteiger partial charge is 0.162 e. The van der Waals surface area contributed by atoms with E-state index in [1.807, 2.05) is 36.0 Å². The molecule has 118 valence electrons. The Morgan fingerprint density at radius 2 is 2.26 bits per heavy atom. The zero-order chi connectivity index (χ0) is 15.8. The highest BCUT2D eigenvalue weighted by Crippen LogP contribution is 2.23. The van der Waals surface area contributed by atoms with Gasteiger partial charge in [0.2, 0.25) is 0 Å². The van der Waals surface area contributed by atoms with Gasteiger partial charge in [0, 0.05) is 38.5 Å². The van der Waals surface area contributed by atoms with Gasteiger partial charge in [-0.1, -0.05) is 6.08 Å². The zero-order valence-corrected chi connectivity index (χ0v) is 13.9. The fourth-order valence-electron chi connectivity index (χ4n) is 2.81. The zero-order valence-electron chi connectivity index (χ0n) is 13.1. The van der Waals surface area contributed by atoms with E-state index in [1.165, 1.54) is 5.57 Å². The predicted octanol–water partition coefficient (Wildman–Crippen LogP) is 2.49. The first-order valence-corrected chi connectivity index (χ1v) is 8.46. The van der Waals surface area contributed by atoms with E-state index in [4.69, 9.17) is 9.98 Å². The summed E-state index contributed by atoms with van der Waals surface area (Å²) in [5.74, 6) is 2.07. The molecule has 0 aliphatic carbocycles. The summed E-state index contributed by atoms with van der Waals surface area (Å²) in [6.07, 6.45) is 11.9. The second-order valence-electron chi connectivity index (χ2n) is 5.74. The second kappa shape index (κ2) is 5.66. The Kier molecular flexibility index (Phi) is 3.49. The van der Waals surface area contributed by atoms with Crippen LogP contribution in [0.4, 0.5) is 0 Å². The van der Waals surface area contributed by atoms with Gasteiger partial charge in [0.25, 0.3) is 0 Å². The summed E-state index contributed by atoms with van der Waals surface area (Å²) < 4.78 is 2.09. The standard InChI is InChI=1S/C16H18N6S/c1-11-4-3-7-22-16(11)19-14(20-22)5-6-15-18-12(9-21(15)2)13-8-17-10-23-13/h3-4,7-10,16H,5-6H2,1-2H3,(H,19,20). The number of hydrogen-bond acceptors (Lipinski definition) is 6. The number of rotatable bonds is 4. The summed E-state index contributed by atoms with van der Waals surface area (Å²) in [6.45, 7) is 2.11. The van der Waals surface area contributed by atoms with Crippen molar-refractivity contribution in [1.29, 1.82) is 0 Å². The van der Waals surface area contributed by atoms with Crippen molar-refractivity contribution in [2.75, 3.05) is 0 Å². The van der Waals surface area contributed by atoms with Crippen LogP contribution in [-0.2, 0) is 13.5 Å². The number of nitrogens with zero attached hydrogens (tertiary/aromatic N) is 5. The molecule has 6 nitrogen and oxygen atoms in total. The number of fused-ring (bicyclic) bond motifs is 1. The van der Waals surface area contributed by atoms with Crippen LogP contribution in [-0.4, -0.2) is 31.5 Å². The van der Waals surface area contributed by atoms with Crippen LogP contribution in [0, 0.1) is 0 Å². The fraction of sp³-hybridized carbons (Fsp3) is 0.312. The first kappa shape index (κ1) is 14.2. The van der Waals surface area contributed by atoms with Crippen molar-refractivity contribution in [3.05, 3.63) is 47.7 Å². The minimum atomic E-state index is 0.101. The Balaban J connectivity index is 1.45. The van der Waals surface area contributed by atoms with Gasteiger partial charge in [-0.15, -0.1) is 11.3 Å². The molecule has 1 atom stereocenters. The predicted molar refractivity (Wildman–Crippen MR) is 91.7 cm³/mol. The van der Waals surface area contributed by atoms with Gasteiger partial charge in [-0.2, -0.15) is 0 Å². The third kappa shape index (κ3) is 2.68. The Hall–Kier alpha value is -2.41.